The zero-order chi connectivity index (χ0) is 68.7. The maximum atomic E-state index is 7.10. The van der Waals surface area contributed by atoms with Crippen molar-refractivity contribution >= 4 is 104 Å². The fourth-order valence-corrected chi connectivity index (χ4v) is 13.9. The number of hydrogen-bond acceptors (Lipinski definition) is 22. The molecule has 12 rings (SSSR count). The van der Waals surface area contributed by atoms with Crippen LogP contribution in [0.15, 0.2) is 90.4 Å². The molecule has 3 aliphatic heterocycles. The number of ether oxygens (including phenoxy) is 6. The van der Waals surface area contributed by atoms with E-state index >= 15 is 0 Å². The van der Waals surface area contributed by atoms with E-state index in [0.717, 1.165) is 123 Å². The van der Waals surface area contributed by atoms with Crippen molar-refractivity contribution in [3.05, 3.63) is 107 Å². The van der Waals surface area contributed by atoms with Gasteiger partial charge in [0.1, 0.15) is 22.6 Å². The highest BCUT2D eigenvalue weighted by Crippen LogP contribution is 2.38. The van der Waals surface area contributed by atoms with Gasteiger partial charge in [-0.05, 0) is 199 Å². The Morgan fingerprint density at radius 3 is 1.31 bits per heavy atom. The normalized spacial score (nSPS) is 15.8. The van der Waals surface area contributed by atoms with Crippen LogP contribution in [0.4, 0.5) is 52.4 Å². The summed E-state index contributed by atoms with van der Waals surface area (Å²) in [4.78, 5) is 34.8. The molecule has 0 bridgehead atoms. The van der Waals surface area contributed by atoms with E-state index in [1.54, 1.807) is 34.4 Å². The Labute approximate surface area is 616 Å². The molecule has 4 fully saturated rings. The van der Waals surface area contributed by atoms with Gasteiger partial charge in [0.25, 0.3) is 0 Å². The summed E-state index contributed by atoms with van der Waals surface area (Å²) in [5.41, 5.74) is 7.44. The molecule has 3 aromatic carbocycles. The molecule has 3 saturated heterocycles. The van der Waals surface area contributed by atoms with Crippen LogP contribution >= 0.6 is 42.2 Å². The van der Waals surface area contributed by atoms with Gasteiger partial charge in [-0.15, -0.1) is 22.4 Å². The number of nitrogens with one attached hydrogen (secondary N) is 7. The SMILES string of the molecule is C.C.CNc1cc(C2=CCCC2)nc(Nc2ccc(OC)c(OCCCN3CCCC3)c2)n1.CNc1cc(C2CCCC2)nc(Nc2ccc(OC)c(OCCCN3CCCC3)c2)n1.CNc1cc(Cl)nc(Nc2ccc(OC)c(OCCCN3CCCC3)c2)n1.N=PB(I)C1=CCCC1. The summed E-state index contributed by atoms with van der Waals surface area (Å²) in [6.45, 7) is 12.5. The number of likely N-dealkylation sites (tertiary alicyclic amines) is 3. The molecule has 6 aromatic rings. The average Bonchev–Trinajstić information content (AvgIpc) is 1.19. The smallest absolute Gasteiger partial charge is 0.325 e. The second-order valence-electron chi connectivity index (χ2n) is 25.1. The van der Waals surface area contributed by atoms with Crippen LogP contribution in [0.2, 0.25) is 5.15 Å². The van der Waals surface area contributed by atoms with Gasteiger partial charge in [0.05, 0.1) is 52.5 Å². The molecule has 544 valence electrons. The first-order valence-corrected chi connectivity index (χ1v) is 37.8. The van der Waals surface area contributed by atoms with E-state index in [9.17, 15) is 0 Å². The Bertz CT molecular complexity index is 3510. The molecule has 0 amide bonds. The van der Waals surface area contributed by atoms with Crippen LogP contribution in [-0.2, 0) is 0 Å². The van der Waals surface area contributed by atoms with Gasteiger partial charge in [-0.25, -0.2) is 15.0 Å². The van der Waals surface area contributed by atoms with Crippen molar-refractivity contribution in [1.82, 2.24) is 44.6 Å². The van der Waals surface area contributed by atoms with Crippen LogP contribution in [0.3, 0.4) is 0 Å². The molecule has 3 aromatic heterocycles. The van der Waals surface area contributed by atoms with Crippen LogP contribution in [0.5, 0.6) is 34.5 Å². The molecule has 0 radical (unpaired) electrons. The predicted molar refractivity (Wildman–Crippen MR) is 424 cm³/mol. The van der Waals surface area contributed by atoms with Crippen molar-refractivity contribution < 1.29 is 28.4 Å². The van der Waals surface area contributed by atoms with Gasteiger partial charge < -0.3 is 75.0 Å². The number of halogens is 2. The molecule has 7 N–H and O–H groups in total. The van der Waals surface area contributed by atoms with Crippen LogP contribution in [0.1, 0.15) is 154 Å². The summed E-state index contributed by atoms with van der Waals surface area (Å²) in [5, 5.41) is 26.6. The van der Waals surface area contributed by atoms with Crippen LogP contribution in [-0.4, -0.2) is 170 Å². The van der Waals surface area contributed by atoms with Crippen molar-refractivity contribution in [3.63, 3.8) is 0 Å². The molecular formula is C74H110BClIN16O6P. The van der Waals surface area contributed by atoms with Crippen molar-refractivity contribution in [2.45, 2.75) is 143 Å². The summed E-state index contributed by atoms with van der Waals surface area (Å²) in [5.74, 6) is 8.74. The lowest BCUT2D eigenvalue weighted by Crippen LogP contribution is -2.21. The van der Waals surface area contributed by atoms with E-state index in [0.29, 0.717) is 70.3 Å². The molecule has 22 nitrogen and oxygen atoms in total. The lowest BCUT2D eigenvalue weighted by molar-refractivity contribution is 0.254. The highest BCUT2D eigenvalue weighted by Gasteiger charge is 2.22. The fraction of sp³-hybridized carbons (Fsp3) is 0.541. The first-order chi connectivity index (χ1) is 48.0. The number of allylic oxidation sites excluding steroid dienone is 4. The number of hydrogen-bond donors (Lipinski definition) is 7. The molecule has 6 aliphatic rings. The molecule has 1 saturated carbocycles. The summed E-state index contributed by atoms with van der Waals surface area (Å²) in [7, 11) is 11.3. The summed E-state index contributed by atoms with van der Waals surface area (Å²) >= 11 is 8.37. The second kappa shape index (κ2) is 43.8. The molecular weight excluding hydrogens is 1410 g/mol. The highest BCUT2D eigenvalue weighted by atomic mass is 127. The minimum absolute atomic E-state index is 0. The molecule has 0 atom stereocenters. The Morgan fingerprint density at radius 1 is 0.500 bits per heavy atom. The molecule has 100 heavy (non-hydrogen) atoms. The van der Waals surface area contributed by atoms with Gasteiger partial charge >= 0.3 is 4.29 Å². The Kier molecular flexibility index (Phi) is 35.2. The lowest BCUT2D eigenvalue weighted by atomic mass is 9.93. The largest absolute Gasteiger partial charge is 0.493 e. The number of anilines is 9. The molecule has 0 spiro atoms. The van der Waals surface area contributed by atoms with Crippen LogP contribution in [0.25, 0.3) is 5.57 Å². The predicted octanol–water partition coefficient (Wildman–Crippen LogP) is 17.8. The minimum atomic E-state index is 0. The van der Waals surface area contributed by atoms with Gasteiger partial charge in [-0.3, -0.25) is 5.16 Å². The van der Waals surface area contributed by atoms with Gasteiger partial charge in [0.2, 0.25) is 17.8 Å². The number of aromatic nitrogens is 6. The quantitative estimate of drug-likeness (QED) is 0.00704. The standard InChI is InChI=1S/C24H35N5O2.C24H33N5O2.C19H26ClN5O2.C5H8BINP.2CH4/c2*1-25-23-17-20(18-8-3-4-9-18)27-24(28-23)26-19-10-11-21(30-2)22(16-19)31-15-7-14-29-12-5-6-13-29;1-21-18-13-17(20)23-19(24-18)22-14-6-7-15(26-2)16(12-14)27-11-5-10-25-8-3-4-9-25;7-6(9-8)5-3-1-2-4-5;;/h10-11,16-18H,3-9,12-15H2,1-2H3,(H2,25,26,27,28);8,10-11,16-17H,3-7,9,12-15H2,1-2H3,(H2,25,26,27,28);6-7,12-13H,3-5,8-11H2,1-2H3,(H2,21,22,23,24);3,8H,1-2,4H2;2*1H4. The Morgan fingerprint density at radius 2 is 0.910 bits per heavy atom. The third kappa shape index (κ3) is 25.8. The summed E-state index contributed by atoms with van der Waals surface area (Å²) < 4.78 is 35.0. The first kappa shape index (κ1) is 80.4. The zero-order valence-corrected chi connectivity index (χ0v) is 62.1. The molecule has 0 unspecified atom stereocenters. The molecule has 26 heteroatoms. The van der Waals surface area contributed by atoms with Gasteiger partial charge in [-0.2, -0.15) is 15.0 Å². The zero-order valence-electron chi connectivity index (χ0n) is 58.3. The van der Waals surface area contributed by atoms with E-state index in [4.69, 9.17) is 55.2 Å². The topological polar surface area (TPSA) is 238 Å². The van der Waals surface area contributed by atoms with E-state index in [2.05, 4.69) is 107 Å². The monoisotopic (exact) mass is 1520 g/mol. The van der Waals surface area contributed by atoms with E-state index in [1.165, 1.54) is 140 Å². The number of nitrogens with zero attached hydrogens (tertiary/aromatic N) is 9. The van der Waals surface area contributed by atoms with Crippen molar-refractivity contribution in [3.8, 4) is 34.5 Å². The first-order valence-electron chi connectivity index (χ1n) is 35.2. The lowest BCUT2D eigenvalue weighted by Gasteiger charge is -2.16. The number of benzene rings is 3. The summed E-state index contributed by atoms with van der Waals surface area (Å²) in [6, 6.07) is 23.1. The average molecular weight is 1520 g/mol. The fourth-order valence-electron chi connectivity index (χ4n) is 12.8. The number of rotatable bonds is 31. The van der Waals surface area contributed by atoms with Crippen molar-refractivity contribution in [2.75, 3.05) is 153 Å². The van der Waals surface area contributed by atoms with E-state index in [-0.39, 0.29) is 14.9 Å². The Balaban J connectivity index is 0.000000196. The number of methoxy groups -OCH3 is 3. The van der Waals surface area contributed by atoms with Crippen molar-refractivity contribution in [2.24, 2.45) is 0 Å². The third-order valence-corrected chi connectivity index (χ3v) is 20.4. The third-order valence-electron chi connectivity index (χ3n) is 18.1. The maximum Gasteiger partial charge on any atom is 0.325 e. The van der Waals surface area contributed by atoms with Gasteiger partial charge in [0, 0.05) is 100 Å². The van der Waals surface area contributed by atoms with E-state index in [1.807, 2.05) is 74.8 Å². The highest BCUT2D eigenvalue weighted by molar-refractivity contribution is 14.1. The second-order valence-corrected chi connectivity index (χ2v) is 28.5. The maximum absolute atomic E-state index is 7.10. The molecule has 3 aliphatic carbocycles. The van der Waals surface area contributed by atoms with E-state index < -0.39 is 0 Å². The Hall–Kier alpha value is -6.96. The molecule has 6 heterocycles. The summed E-state index contributed by atoms with van der Waals surface area (Å²) in [6.07, 6.45) is 27.6. The minimum Gasteiger partial charge on any atom is -0.493 e. The van der Waals surface area contributed by atoms with Gasteiger partial charge in [-0.1, -0.05) is 56.9 Å². The van der Waals surface area contributed by atoms with Crippen molar-refractivity contribution in [1.29, 1.82) is 5.16 Å². The van der Waals surface area contributed by atoms with Gasteiger partial charge in [0.15, 0.2) is 34.5 Å². The van der Waals surface area contributed by atoms with Crippen LogP contribution < -0.4 is 60.3 Å². The van der Waals surface area contributed by atoms with Crippen LogP contribution in [0, 0.1) is 5.16 Å².